The number of hydrogen-bond donors (Lipinski definition) is 1. The second-order valence-corrected chi connectivity index (χ2v) is 7.44. The van der Waals surface area contributed by atoms with Gasteiger partial charge in [-0.3, -0.25) is 0 Å². The van der Waals surface area contributed by atoms with E-state index in [9.17, 15) is 5.11 Å². The van der Waals surface area contributed by atoms with Gasteiger partial charge in [-0.2, -0.15) is 0 Å². The average molecular weight is 290 g/mol. The molecule has 0 saturated carbocycles. The summed E-state index contributed by atoms with van der Waals surface area (Å²) in [7, 11) is 0. The molecule has 0 aliphatic rings. The number of unbranched alkanes of at least 4 members (excludes halogenated alkanes) is 3. The van der Waals surface area contributed by atoms with E-state index >= 15 is 0 Å². The van der Waals surface area contributed by atoms with Crippen molar-refractivity contribution in [2.45, 2.75) is 85.0 Å². The number of aryl methyl sites for hydroxylation is 1. The molecule has 1 aromatic carbocycles. The molecule has 0 radical (unpaired) electrons. The van der Waals surface area contributed by atoms with Crippen LogP contribution in [0.1, 0.15) is 84.3 Å². The van der Waals surface area contributed by atoms with Gasteiger partial charge in [0, 0.05) is 0 Å². The predicted octanol–water partition coefficient (Wildman–Crippen LogP) is 6.23. The van der Waals surface area contributed by atoms with Gasteiger partial charge in [0.2, 0.25) is 0 Å². The number of phenols is 1. The quantitative estimate of drug-likeness (QED) is 0.534. The molecular weight excluding hydrogens is 256 g/mol. The minimum atomic E-state index is 0.0529. The van der Waals surface area contributed by atoms with Crippen molar-refractivity contribution in [2.24, 2.45) is 5.92 Å². The summed E-state index contributed by atoms with van der Waals surface area (Å²) in [5.41, 5.74) is 2.52. The zero-order valence-electron chi connectivity index (χ0n) is 14.7. The van der Waals surface area contributed by atoms with Crippen LogP contribution in [0.4, 0.5) is 0 Å². The molecule has 1 rings (SSSR count). The van der Waals surface area contributed by atoms with E-state index in [1.807, 2.05) is 6.07 Å². The summed E-state index contributed by atoms with van der Waals surface area (Å²) in [6.45, 7) is 11.2. The van der Waals surface area contributed by atoms with Crippen molar-refractivity contribution in [3.05, 3.63) is 29.3 Å². The molecule has 1 nitrogen and oxygen atoms in total. The Morgan fingerprint density at radius 3 is 2.33 bits per heavy atom. The summed E-state index contributed by atoms with van der Waals surface area (Å²) in [6.07, 6.45) is 8.82. The van der Waals surface area contributed by atoms with E-state index in [-0.39, 0.29) is 5.41 Å². The van der Waals surface area contributed by atoms with Crippen LogP contribution in [0.5, 0.6) is 5.75 Å². The van der Waals surface area contributed by atoms with E-state index in [1.165, 1.54) is 37.7 Å². The number of hydrogen-bond acceptors (Lipinski definition) is 1. The third-order valence-electron chi connectivity index (χ3n) is 4.67. The first kappa shape index (κ1) is 18.1. The van der Waals surface area contributed by atoms with Crippen LogP contribution in [-0.4, -0.2) is 5.11 Å². The molecule has 0 atom stereocenters. The fourth-order valence-corrected chi connectivity index (χ4v) is 2.71. The third kappa shape index (κ3) is 6.11. The molecule has 0 saturated heterocycles. The van der Waals surface area contributed by atoms with Gasteiger partial charge >= 0.3 is 0 Å². The molecule has 0 bridgehead atoms. The maximum Gasteiger partial charge on any atom is 0.119 e. The van der Waals surface area contributed by atoms with Crippen LogP contribution in [0, 0.1) is 5.92 Å². The topological polar surface area (TPSA) is 20.2 Å². The average Bonchev–Trinajstić information content (AvgIpc) is 2.43. The molecule has 1 N–H and O–H groups in total. The predicted molar refractivity (Wildman–Crippen MR) is 93.1 cm³/mol. The summed E-state index contributed by atoms with van der Waals surface area (Å²) in [4.78, 5) is 0. The SMILES string of the molecule is CCC(C)(C)c1cc(CCCCCCC(C)C)ccc1O. The van der Waals surface area contributed by atoms with Crippen molar-refractivity contribution in [3.63, 3.8) is 0 Å². The third-order valence-corrected chi connectivity index (χ3v) is 4.67. The molecule has 0 aliphatic heterocycles. The lowest BCUT2D eigenvalue weighted by molar-refractivity contribution is 0.428. The van der Waals surface area contributed by atoms with Gasteiger partial charge in [0.25, 0.3) is 0 Å². The molecule has 120 valence electrons. The molecule has 0 aromatic heterocycles. The van der Waals surface area contributed by atoms with E-state index in [1.54, 1.807) is 0 Å². The highest BCUT2D eigenvalue weighted by molar-refractivity contribution is 5.41. The number of benzene rings is 1. The number of phenolic OH excluding ortho intramolecular Hbond substituents is 1. The van der Waals surface area contributed by atoms with Crippen LogP contribution in [0.25, 0.3) is 0 Å². The second-order valence-electron chi connectivity index (χ2n) is 7.44. The normalized spacial score (nSPS) is 12.1. The Labute approximate surface area is 131 Å². The Morgan fingerprint density at radius 1 is 1.05 bits per heavy atom. The van der Waals surface area contributed by atoms with Gasteiger partial charge in [-0.05, 0) is 47.8 Å². The van der Waals surface area contributed by atoms with Crippen LogP contribution in [-0.2, 0) is 11.8 Å². The first-order valence-corrected chi connectivity index (χ1v) is 8.69. The Morgan fingerprint density at radius 2 is 1.71 bits per heavy atom. The maximum atomic E-state index is 10.1. The van der Waals surface area contributed by atoms with Gasteiger partial charge in [0.15, 0.2) is 0 Å². The first-order chi connectivity index (χ1) is 9.86. The monoisotopic (exact) mass is 290 g/mol. The van der Waals surface area contributed by atoms with Crippen molar-refractivity contribution in [3.8, 4) is 5.75 Å². The van der Waals surface area contributed by atoms with Gasteiger partial charge in [0.1, 0.15) is 5.75 Å². The van der Waals surface area contributed by atoms with Crippen molar-refractivity contribution >= 4 is 0 Å². The molecule has 0 amide bonds. The summed E-state index contributed by atoms with van der Waals surface area (Å²) >= 11 is 0. The highest BCUT2D eigenvalue weighted by Gasteiger charge is 2.21. The summed E-state index contributed by atoms with van der Waals surface area (Å²) in [5, 5.41) is 10.1. The van der Waals surface area contributed by atoms with Gasteiger partial charge in [-0.1, -0.05) is 72.4 Å². The van der Waals surface area contributed by atoms with Crippen LogP contribution < -0.4 is 0 Å². The zero-order chi connectivity index (χ0) is 15.9. The summed E-state index contributed by atoms with van der Waals surface area (Å²) < 4.78 is 0. The fourth-order valence-electron chi connectivity index (χ4n) is 2.71. The number of rotatable bonds is 9. The fraction of sp³-hybridized carbons (Fsp3) is 0.700. The molecule has 21 heavy (non-hydrogen) atoms. The van der Waals surface area contributed by atoms with E-state index < -0.39 is 0 Å². The van der Waals surface area contributed by atoms with Crippen LogP contribution >= 0.6 is 0 Å². The lowest BCUT2D eigenvalue weighted by atomic mass is 9.80. The van der Waals surface area contributed by atoms with Gasteiger partial charge < -0.3 is 5.11 Å². The van der Waals surface area contributed by atoms with Crippen molar-refractivity contribution in [1.29, 1.82) is 0 Å². The van der Waals surface area contributed by atoms with E-state index in [2.05, 4.69) is 46.8 Å². The lowest BCUT2D eigenvalue weighted by Gasteiger charge is -2.25. The lowest BCUT2D eigenvalue weighted by Crippen LogP contribution is -2.16. The highest BCUT2D eigenvalue weighted by Crippen LogP contribution is 2.34. The molecular formula is C20H34O. The number of aromatic hydroxyl groups is 1. The summed E-state index contributed by atoms with van der Waals surface area (Å²) in [5.74, 6) is 1.28. The molecule has 0 unspecified atom stereocenters. The van der Waals surface area contributed by atoms with Gasteiger partial charge in [-0.15, -0.1) is 0 Å². The molecule has 1 aromatic rings. The Kier molecular flexibility index (Phi) is 7.28. The minimum absolute atomic E-state index is 0.0529. The van der Waals surface area contributed by atoms with Gasteiger partial charge in [0.05, 0.1) is 0 Å². The maximum absolute atomic E-state index is 10.1. The standard InChI is InChI=1S/C20H34O/c1-6-20(4,5)18-15-17(13-14-19(18)21)12-10-8-7-9-11-16(2)3/h13-16,21H,6-12H2,1-5H3. The second kappa shape index (κ2) is 8.46. The van der Waals surface area contributed by atoms with Crippen LogP contribution in [0.2, 0.25) is 0 Å². The largest absolute Gasteiger partial charge is 0.508 e. The Balaban J connectivity index is 2.48. The molecule has 1 heteroatoms. The zero-order valence-corrected chi connectivity index (χ0v) is 14.7. The smallest absolute Gasteiger partial charge is 0.119 e. The van der Waals surface area contributed by atoms with Crippen LogP contribution in [0.15, 0.2) is 18.2 Å². The van der Waals surface area contributed by atoms with E-state index in [4.69, 9.17) is 0 Å². The first-order valence-electron chi connectivity index (χ1n) is 8.69. The highest BCUT2D eigenvalue weighted by atomic mass is 16.3. The molecule has 0 spiro atoms. The van der Waals surface area contributed by atoms with Gasteiger partial charge in [-0.25, -0.2) is 0 Å². The van der Waals surface area contributed by atoms with Crippen LogP contribution in [0.3, 0.4) is 0 Å². The molecule has 0 fully saturated rings. The Hall–Kier alpha value is -0.980. The van der Waals surface area contributed by atoms with E-state index in [0.29, 0.717) is 5.75 Å². The van der Waals surface area contributed by atoms with Crippen molar-refractivity contribution < 1.29 is 5.11 Å². The molecule has 0 heterocycles. The van der Waals surface area contributed by atoms with E-state index in [0.717, 1.165) is 24.3 Å². The minimum Gasteiger partial charge on any atom is -0.508 e. The van der Waals surface area contributed by atoms with Crippen molar-refractivity contribution in [2.75, 3.05) is 0 Å². The molecule has 0 aliphatic carbocycles. The Bertz CT molecular complexity index is 418. The summed E-state index contributed by atoms with van der Waals surface area (Å²) in [6, 6.07) is 6.17. The van der Waals surface area contributed by atoms with Crippen molar-refractivity contribution in [1.82, 2.24) is 0 Å².